The van der Waals surface area contributed by atoms with Crippen LogP contribution in [0.4, 0.5) is 0 Å². The molecule has 0 atom stereocenters. The lowest BCUT2D eigenvalue weighted by atomic mass is 10.1. The molecule has 0 N–H and O–H groups in total. The number of rotatable bonds is 0. The Labute approximate surface area is 102 Å². The zero-order valence-corrected chi connectivity index (χ0v) is 10.8. The first-order valence-corrected chi connectivity index (χ1v) is 6.03. The Kier molecular flexibility index (Phi) is 2.08. The first-order valence-electron chi connectivity index (χ1n) is 5.24. The molecule has 0 saturated carbocycles. The summed E-state index contributed by atoms with van der Waals surface area (Å²) in [5.74, 6) is 0. The monoisotopic (exact) mass is 274 g/mol. The molecular formula is C14H11BrO. The smallest absolute Gasteiger partial charge is 0.136 e. The third-order valence-electron chi connectivity index (χ3n) is 2.82. The zero-order chi connectivity index (χ0) is 11.3. The van der Waals surface area contributed by atoms with Gasteiger partial charge in [0.2, 0.25) is 0 Å². The van der Waals surface area contributed by atoms with E-state index in [1.165, 1.54) is 21.9 Å². The lowest BCUT2D eigenvalue weighted by molar-refractivity contribution is 0.668. The van der Waals surface area contributed by atoms with Crippen molar-refractivity contribution in [2.24, 2.45) is 0 Å². The second-order valence-electron chi connectivity index (χ2n) is 4.22. The van der Waals surface area contributed by atoms with E-state index in [0.717, 1.165) is 15.6 Å². The van der Waals surface area contributed by atoms with Gasteiger partial charge in [0.15, 0.2) is 0 Å². The molecule has 16 heavy (non-hydrogen) atoms. The van der Waals surface area contributed by atoms with Crippen molar-refractivity contribution in [2.75, 3.05) is 0 Å². The highest BCUT2D eigenvalue weighted by Gasteiger charge is 2.10. The number of benzene rings is 2. The van der Waals surface area contributed by atoms with Crippen LogP contribution >= 0.6 is 15.9 Å². The van der Waals surface area contributed by atoms with Crippen LogP contribution in [0.15, 0.2) is 39.2 Å². The van der Waals surface area contributed by atoms with Gasteiger partial charge in [0.1, 0.15) is 11.2 Å². The molecule has 1 nitrogen and oxygen atoms in total. The van der Waals surface area contributed by atoms with E-state index < -0.39 is 0 Å². The molecule has 1 aromatic heterocycles. The molecule has 0 fully saturated rings. The lowest BCUT2D eigenvalue weighted by Crippen LogP contribution is -1.75. The van der Waals surface area contributed by atoms with Gasteiger partial charge < -0.3 is 4.42 Å². The first-order chi connectivity index (χ1) is 7.65. The maximum Gasteiger partial charge on any atom is 0.136 e. The van der Waals surface area contributed by atoms with Crippen molar-refractivity contribution in [3.05, 3.63) is 45.9 Å². The maximum absolute atomic E-state index is 5.84. The molecule has 1 heterocycles. The summed E-state index contributed by atoms with van der Waals surface area (Å²) < 4.78 is 6.94. The molecule has 0 bridgehead atoms. The van der Waals surface area contributed by atoms with Crippen molar-refractivity contribution in [3.8, 4) is 0 Å². The molecule has 3 rings (SSSR count). The number of aryl methyl sites for hydroxylation is 2. The number of hydrogen-bond donors (Lipinski definition) is 0. The van der Waals surface area contributed by atoms with E-state index in [1.807, 2.05) is 6.07 Å². The summed E-state index contributed by atoms with van der Waals surface area (Å²) in [4.78, 5) is 0. The summed E-state index contributed by atoms with van der Waals surface area (Å²) in [5.41, 5.74) is 4.36. The topological polar surface area (TPSA) is 13.1 Å². The van der Waals surface area contributed by atoms with Crippen molar-refractivity contribution in [1.82, 2.24) is 0 Å². The van der Waals surface area contributed by atoms with Crippen LogP contribution in [0, 0.1) is 13.8 Å². The number of halogens is 1. The van der Waals surface area contributed by atoms with Gasteiger partial charge in [-0.15, -0.1) is 0 Å². The molecule has 0 aliphatic rings. The fourth-order valence-electron chi connectivity index (χ4n) is 2.10. The predicted octanol–water partition coefficient (Wildman–Crippen LogP) is 4.97. The van der Waals surface area contributed by atoms with E-state index in [0.29, 0.717) is 0 Å². The summed E-state index contributed by atoms with van der Waals surface area (Å²) in [7, 11) is 0. The average Bonchev–Trinajstić information content (AvgIpc) is 2.54. The third-order valence-corrected chi connectivity index (χ3v) is 3.45. The van der Waals surface area contributed by atoms with Crippen LogP contribution < -0.4 is 0 Å². The highest BCUT2D eigenvalue weighted by molar-refractivity contribution is 9.10. The second-order valence-corrected chi connectivity index (χ2v) is 5.08. The molecule has 0 saturated heterocycles. The number of fused-ring (bicyclic) bond motifs is 3. The molecule has 2 heteroatoms. The normalized spacial score (nSPS) is 11.4. The van der Waals surface area contributed by atoms with Gasteiger partial charge in [0.25, 0.3) is 0 Å². The molecular weight excluding hydrogens is 264 g/mol. The SMILES string of the molecule is Cc1cc(Br)c2c(c1)oc1ccc(C)cc12. The van der Waals surface area contributed by atoms with Crippen LogP contribution in [0.2, 0.25) is 0 Å². The minimum absolute atomic E-state index is 0.951. The van der Waals surface area contributed by atoms with Crippen molar-refractivity contribution in [2.45, 2.75) is 13.8 Å². The Morgan fingerprint density at radius 1 is 0.938 bits per heavy atom. The van der Waals surface area contributed by atoms with Gasteiger partial charge >= 0.3 is 0 Å². The van der Waals surface area contributed by atoms with Crippen molar-refractivity contribution in [3.63, 3.8) is 0 Å². The van der Waals surface area contributed by atoms with E-state index in [4.69, 9.17) is 4.42 Å². The van der Waals surface area contributed by atoms with Gasteiger partial charge in [-0.25, -0.2) is 0 Å². The Hall–Kier alpha value is -1.28. The standard InChI is InChI=1S/C14H11BrO/c1-8-3-4-12-10(5-8)14-11(15)6-9(2)7-13(14)16-12/h3-7H,1-2H3. The van der Waals surface area contributed by atoms with E-state index in [1.54, 1.807) is 0 Å². The van der Waals surface area contributed by atoms with E-state index in [-0.39, 0.29) is 0 Å². The van der Waals surface area contributed by atoms with Gasteiger partial charge in [-0.3, -0.25) is 0 Å². The van der Waals surface area contributed by atoms with E-state index >= 15 is 0 Å². The van der Waals surface area contributed by atoms with Crippen LogP contribution in [0.5, 0.6) is 0 Å². The third kappa shape index (κ3) is 1.37. The molecule has 0 aliphatic heterocycles. The number of hydrogen-bond acceptors (Lipinski definition) is 1. The molecule has 0 aliphatic carbocycles. The van der Waals surface area contributed by atoms with Crippen molar-refractivity contribution in [1.29, 1.82) is 0 Å². The van der Waals surface area contributed by atoms with E-state index in [2.05, 4.69) is 54.0 Å². The largest absolute Gasteiger partial charge is 0.456 e. The van der Waals surface area contributed by atoms with Crippen LogP contribution in [0.25, 0.3) is 21.9 Å². The molecule has 0 amide bonds. The van der Waals surface area contributed by atoms with Gasteiger partial charge in [-0.1, -0.05) is 27.6 Å². The zero-order valence-electron chi connectivity index (χ0n) is 9.17. The van der Waals surface area contributed by atoms with Gasteiger partial charge in [0, 0.05) is 15.2 Å². The first kappa shape index (κ1) is 9.91. The average molecular weight is 275 g/mol. The minimum atomic E-state index is 0.951. The van der Waals surface area contributed by atoms with E-state index in [9.17, 15) is 0 Å². The minimum Gasteiger partial charge on any atom is -0.456 e. The van der Waals surface area contributed by atoms with Gasteiger partial charge in [-0.05, 0) is 43.7 Å². The molecule has 0 spiro atoms. The van der Waals surface area contributed by atoms with Crippen LogP contribution in [0.1, 0.15) is 11.1 Å². The molecule has 0 radical (unpaired) electrons. The fourth-order valence-corrected chi connectivity index (χ4v) is 2.87. The second kappa shape index (κ2) is 3.36. The van der Waals surface area contributed by atoms with Gasteiger partial charge in [0.05, 0.1) is 0 Å². The lowest BCUT2D eigenvalue weighted by Gasteiger charge is -1.97. The maximum atomic E-state index is 5.84. The summed E-state index contributed by atoms with van der Waals surface area (Å²) >= 11 is 3.61. The Bertz CT molecular complexity index is 695. The molecule has 0 unspecified atom stereocenters. The van der Waals surface area contributed by atoms with Crippen molar-refractivity contribution < 1.29 is 4.42 Å². The molecule has 80 valence electrons. The Morgan fingerprint density at radius 2 is 1.75 bits per heavy atom. The molecule has 3 aromatic rings. The summed E-state index contributed by atoms with van der Waals surface area (Å²) in [5, 5.41) is 2.35. The molecule has 2 aromatic carbocycles. The predicted molar refractivity (Wildman–Crippen MR) is 70.9 cm³/mol. The Balaban J connectivity index is 2.57. The van der Waals surface area contributed by atoms with Crippen molar-refractivity contribution >= 4 is 37.9 Å². The van der Waals surface area contributed by atoms with Crippen LogP contribution in [-0.2, 0) is 0 Å². The summed E-state index contributed by atoms with van der Waals surface area (Å²) in [6, 6.07) is 10.5. The summed E-state index contributed by atoms with van der Waals surface area (Å²) in [6.07, 6.45) is 0. The quantitative estimate of drug-likeness (QED) is 0.564. The fraction of sp³-hybridized carbons (Fsp3) is 0.143. The van der Waals surface area contributed by atoms with Crippen LogP contribution in [0.3, 0.4) is 0 Å². The van der Waals surface area contributed by atoms with Crippen LogP contribution in [-0.4, -0.2) is 0 Å². The highest BCUT2D eigenvalue weighted by atomic mass is 79.9. The summed E-state index contributed by atoms with van der Waals surface area (Å²) in [6.45, 7) is 4.17. The Morgan fingerprint density at radius 3 is 2.56 bits per heavy atom. The van der Waals surface area contributed by atoms with Gasteiger partial charge in [-0.2, -0.15) is 0 Å². The number of furan rings is 1. The highest BCUT2D eigenvalue weighted by Crippen LogP contribution is 2.35.